The van der Waals surface area contributed by atoms with Crippen LogP contribution in [0.5, 0.6) is 0 Å². The van der Waals surface area contributed by atoms with Gasteiger partial charge in [0.05, 0.1) is 22.9 Å². The van der Waals surface area contributed by atoms with Gasteiger partial charge in [-0.15, -0.1) is 0 Å². The number of benzene rings is 2. The number of hydrogen-bond acceptors (Lipinski definition) is 8. The molecule has 1 aliphatic carbocycles. The van der Waals surface area contributed by atoms with Crippen LogP contribution < -0.4 is 10.2 Å². The van der Waals surface area contributed by atoms with Gasteiger partial charge in [0, 0.05) is 69.3 Å². The minimum atomic E-state index is -0.639. The lowest BCUT2D eigenvalue weighted by molar-refractivity contribution is 0.00143. The van der Waals surface area contributed by atoms with Crippen molar-refractivity contribution in [2.24, 2.45) is 17.8 Å². The van der Waals surface area contributed by atoms with E-state index in [2.05, 4.69) is 43.7 Å². The number of carbonyl (C=O) groups is 2. The van der Waals surface area contributed by atoms with Crippen LogP contribution in [0.4, 0.5) is 14.9 Å². The number of aromatic nitrogens is 2. The molecule has 52 heavy (non-hydrogen) atoms. The second kappa shape index (κ2) is 15.7. The Morgan fingerprint density at radius 3 is 2.52 bits per heavy atom. The molecule has 3 fully saturated rings. The summed E-state index contributed by atoms with van der Waals surface area (Å²) in [4.78, 5) is 35.1. The van der Waals surface area contributed by atoms with Crippen molar-refractivity contribution in [3.05, 3.63) is 83.2 Å². The summed E-state index contributed by atoms with van der Waals surface area (Å²) in [6, 6.07) is 14.5. The summed E-state index contributed by atoms with van der Waals surface area (Å²) in [5, 5.41) is 12.1. The van der Waals surface area contributed by atoms with E-state index in [4.69, 9.17) is 9.47 Å². The zero-order chi connectivity index (χ0) is 37.0. The van der Waals surface area contributed by atoms with Crippen LogP contribution in [0.25, 0.3) is 0 Å². The molecule has 2 aliphatic heterocycles. The number of nitrogens with zero attached hydrogens (tertiary/aromatic N) is 5. The first-order chi connectivity index (χ1) is 24.9. The number of carbonyl (C=O) groups excluding carboxylic acids is 2. The molecule has 11 heteroatoms. The van der Waals surface area contributed by atoms with Crippen molar-refractivity contribution >= 4 is 17.7 Å². The third kappa shape index (κ3) is 7.97. The molecule has 10 nitrogen and oxygen atoms in total. The molecule has 278 valence electrons. The number of nitriles is 1. The average Bonchev–Trinajstić information content (AvgIpc) is 3.77. The van der Waals surface area contributed by atoms with E-state index in [1.807, 2.05) is 45.3 Å². The van der Waals surface area contributed by atoms with Crippen molar-refractivity contribution in [2.75, 3.05) is 44.7 Å². The summed E-state index contributed by atoms with van der Waals surface area (Å²) in [7, 11) is 1.59. The molecule has 3 aromatic rings. The van der Waals surface area contributed by atoms with Gasteiger partial charge in [0.15, 0.2) is 0 Å². The Balaban J connectivity index is 1.21. The standard InChI is InChI=1S/C41H53FN6O4/c1-6-37-45-17-20-47(37)27-41(31-9-7-10-32(42)22-31,34-11-8-12-36(34)51-39(50)44-5)30-15-18-46(19-16-30)24-29-25-48(26-29)35-14-13-28(23-43)21-33(35)38(49)52-40(2,3)4/h7,9-10,13-14,17,20-22,29-30,34,36H,6,8,11-12,15-16,18-19,24-27H2,1-5H3,(H,44,50). The molecule has 1 N–H and O–H groups in total. The number of aryl methyl sites for hydroxylation is 1. The van der Waals surface area contributed by atoms with Gasteiger partial charge < -0.3 is 29.2 Å². The molecule has 2 aromatic carbocycles. The van der Waals surface area contributed by atoms with Crippen LogP contribution in [0.1, 0.15) is 87.1 Å². The number of alkyl carbamates (subject to hydrolysis) is 1. The molecule has 1 saturated carbocycles. The third-order valence-electron chi connectivity index (χ3n) is 11.4. The van der Waals surface area contributed by atoms with Crippen LogP contribution in [0.15, 0.2) is 54.9 Å². The summed E-state index contributed by atoms with van der Waals surface area (Å²) in [6.07, 6.45) is 8.47. The fourth-order valence-electron chi connectivity index (χ4n) is 9.06. The minimum absolute atomic E-state index is 0.0158. The predicted octanol–water partition coefficient (Wildman–Crippen LogP) is 6.72. The molecule has 3 heterocycles. The lowest BCUT2D eigenvalue weighted by atomic mass is 9.58. The maximum atomic E-state index is 15.2. The van der Waals surface area contributed by atoms with Crippen molar-refractivity contribution in [3.8, 4) is 6.07 Å². The molecule has 2 saturated heterocycles. The van der Waals surface area contributed by atoms with Crippen molar-refractivity contribution in [1.29, 1.82) is 5.26 Å². The largest absolute Gasteiger partial charge is 0.456 e. The van der Waals surface area contributed by atoms with Crippen molar-refractivity contribution in [2.45, 2.75) is 89.9 Å². The van der Waals surface area contributed by atoms with Gasteiger partial charge in [0.25, 0.3) is 0 Å². The van der Waals surface area contributed by atoms with Gasteiger partial charge >= 0.3 is 12.1 Å². The first kappa shape index (κ1) is 37.3. The highest BCUT2D eigenvalue weighted by molar-refractivity contribution is 5.96. The molecule has 0 radical (unpaired) electrons. The van der Waals surface area contributed by atoms with Gasteiger partial charge in [0.1, 0.15) is 23.3 Å². The van der Waals surface area contributed by atoms with Crippen molar-refractivity contribution in [1.82, 2.24) is 19.8 Å². The van der Waals surface area contributed by atoms with Crippen molar-refractivity contribution in [3.63, 3.8) is 0 Å². The highest BCUT2D eigenvalue weighted by atomic mass is 19.1. The van der Waals surface area contributed by atoms with Crippen molar-refractivity contribution < 1.29 is 23.5 Å². The number of amides is 1. The van der Waals surface area contributed by atoms with Gasteiger partial charge in [0.2, 0.25) is 0 Å². The van der Waals surface area contributed by atoms with Gasteiger partial charge in [-0.2, -0.15) is 5.26 Å². The quantitative estimate of drug-likeness (QED) is 0.218. The number of halogens is 1. The summed E-state index contributed by atoms with van der Waals surface area (Å²) >= 11 is 0. The van der Waals surface area contributed by atoms with E-state index >= 15 is 4.39 Å². The molecular weight excluding hydrogens is 659 g/mol. The SMILES string of the molecule is CCc1nccn1CC(c1cccc(F)c1)(C1CCN(CC2CN(c3ccc(C#N)cc3C(=O)OC(C)(C)C)C2)CC1)C1CCCC1OC(=O)NC. The van der Waals surface area contributed by atoms with Gasteiger partial charge in [-0.1, -0.05) is 19.1 Å². The number of imidazole rings is 1. The molecule has 1 amide bonds. The molecule has 3 aliphatic rings. The summed E-state index contributed by atoms with van der Waals surface area (Å²) in [5.74, 6) is 0.996. The number of rotatable bonds is 11. The number of anilines is 1. The Kier molecular flexibility index (Phi) is 11.2. The smallest absolute Gasteiger partial charge is 0.407 e. The molecule has 6 rings (SSSR count). The lowest BCUT2D eigenvalue weighted by Crippen LogP contribution is -2.55. The van der Waals surface area contributed by atoms with Crippen LogP contribution in [0.3, 0.4) is 0 Å². The van der Waals surface area contributed by atoms with Gasteiger partial charge in [-0.05, 0) is 108 Å². The average molecular weight is 713 g/mol. The van der Waals surface area contributed by atoms with Gasteiger partial charge in [-0.25, -0.2) is 19.0 Å². The Morgan fingerprint density at radius 2 is 1.85 bits per heavy atom. The predicted molar refractivity (Wildman–Crippen MR) is 198 cm³/mol. The first-order valence-corrected chi connectivity index (χ1v) is 18.8. The molecule has 0 spiro atoms. The molecule has 3 atom stereocenters. The zero-order valence-corrected chi connectivity index (χ0v) is 31.2. The zero-order valence-electron chi connectivity index (χ0n) is 31.2. The Labute approximate surface area is 307 Å². The molecule has 3 unspecified atom stereocenters. The number of nitrogens with one attached hydrogen (secondary N) is 1. The van der Waals surface area contributed by atoms with Crippen LogP contribution in [-0.4, -0.2) is 78.0 Å². The molecule has 0 bridgehead atoms. The fraction of sp³-hybridized carbons (Fsp3) is 0.561. The van der Waals surface area contributed by atoms with Crippen LogP contribution in [-0.2, 0) is 27.9 Å². The fourth-order valence-corrected chi connectivity index (χ4v) is 9.06. The first-order valence-electron chi connectivity index (χ1n) is 18.8. The van der Waals surface area contributed by atoms with Crippen LogP contribution >= 0.6 is 0 Å². The maximum absolute atomic E-state index is 15.2. The third-order valence-corrected chi connectivity index (χ3v) is 11.4. The van der Waals surface area contributed by atoms with Crippen LogP contribution in [0.2, 0.25) is 0 Å². The topological polar surface area (TPSA) is 113 Å². The minimum Gasteiger partial charge on any atom is -0.456 e. The number of ether oxygens (including phenoxy) is 2. The number of piperidine rings is 1. The Bertz CT molecular complexity index is 1770. The molecule has 1 aromatic heterocycles. The van der Waals surface area contributed by atoms with E-state index < -0.39 is 23.1 Å². The van der Waals surface area contributed by atoms with E-state index in [-0.39, 0.29) is 23.8 Å². The highest BCUT2D eigenvalue weighted by Crippen LogP contribution is 2.52. The van der Waals surface area contributed by atoms with E-state index in [1.165, 1.54) is 6.07 Å². The highest BCUT2D eigenvalue weighted by Gasteiger charge is 2.53. The number of likely N-dealkylation sites (tertiary alicyclic amines) is 1. The van der Waals surface area contributed by atoms with E-state index in [9.17, 15) is 14.9 Å². The monoisotopic (exact) mass is 712 g/mol. The molecular formula is C41H53FN6O4. The summed E-state index contributed by atoms with van der Waals surface area (Å²) in [6.45, 7) is 12.7. The van der Waals surface area contributed by atoms with Gasteiger partial charge in [-0.3, -0.25) is 0 Å². The van der Waals surface area contributed by atoms with E-state index in [0.29, 0.717) is 23.6 Å². The second-order valence-corrected chi connectivity index (χ2v) is 15.8. The Morgan fingerprint density at radius 1 is 1.08 bits per heavy atom. The van der Waals surface area contributed by atoms with E-state index in [0.717, 1.165) is 88.3 Å². The normalized spacial score (nSPS) is 21.2. The summed E-state index contributed by atoms with van der Waals surface area (Å²) < 4.78 is 29.2. The van der Waals surface area contributed by atoms with E-state index in [1.54, 1.807) is 25.2 Å². The number of esters is 1. The summed E-state index contributed by atoms with van der Waals surface area (Å²) in [5.41, 5.74) is 1.52. The Hall–Kier alpha value is -4.43. The van der Waals surface area contributed by atoms with Crippen LogP contribution in [0, 0.1) is 34.9 Å². The number of hydrogen-bond donors (Lipinski definition) is 1. The lowest BCUT2D eigenvalue weighted by Gasteiger charge is -2.51. The second-order valence-electron chi connectivity index (χ2n) is 15.8. The maximum Gasteiger partial charge on any atom is 0.407 e.